The molecule has 0 unspecified atom stereocenters. The fourth-order valence-electron chi connectivity index (χ4n) is 3.24. The van der Waals surface area contributed by atoms with E-state index in [2.05, 4.69) is 5.43 Å². The van der Waals surface area contributed by atoms with E-state index in [0.29, 0.717) is 12.5 Å². The molecule has 2 fully saturated rings. The topological polar surface area (TPSA) is 73.1 Å². The molecule has 0 radical (unpaired) electrons. The number of hydrogen-bond acceptors (Lipinski definition) is 5. The number of hydrogen-bond donors (Lipinski definition) is 2. The lowest BCUT2D eigenvalue weighted by molar-refractivity contribution is 0.109. The van der Waals surface area contributed by atoms with Crippen LogP contribution in [0.15, 0.2) is 0 Å². The number of nitrogen functional groups attached to an aromatic ring is 1. The zero-order chi connectivity index (χ0) is 12.8. The van der Waals surface area contributed by atoms with E-state index < -0.39 is 0 Å². The summed E-state index contributed by atoms with van der Waals surface area (Å²) in [5.41, 5.74) is 4.92. The monoisotopic (exact) mass is 260 g/mol. The highest BCUT2D eigenvalue weighted by molar-refractivity contribution is 5.46. The molecule has 0 bridgehead atoms. The van der Waals surface area contributed by atoms with Crippen LogP contribution in [-0.4, -0.2) is 16.6 Å². The highest BCUT2D eigenvalue weighted by Gasteiger charge is 2.44. The molecule has 0 aromatic carbocycles. The van der Waals surface area contributed by atoms with Crippen LogP contribution in [0.3, 0.4) is 0 Å². The summed E-state index contributed by atoms with van der Waals surface area (Å²) in [6.45, 7) is 1.33. The lowest BCUT2D eigenvalue weighted by Crippen LogP contribution is -2.22. The first kappa shape index (κ1) is 11.6. The number of nitrogens with one attached hydrogen (secondary N) is 1. The Labute approximate surface area is 112 Å². The van der Waals surface area contributed by atoms with Crippen molar-refractivity contribution in [1.82, 2.24) is 9.97 Å². The molecular weight excluding hydrogens is 240 g/mol. The molecule has 19 heavy (non-hydrogen) atoms. The first-order valence-electron chi connectivity index (χ1n) is 7.31. The van der Waals surface area contributed by atoms with E-state index in [9.17, 15) is 0 Å². The van der Waals surface area contributed by atoms with E-state index >= 15 is 0 Å². The zero-order valence-corrected chi connectivity index (χ0v) is 11.1. The van der Waals surface area contributed by atoms with E-state index in [1.54, 1.807) is 0 Å². The molecular formula is C14H20N4O. The molecule has 2 aliphatic carbocycles. The van der Waals surface area contributed by atoms with Crippen LogP contribution >= 0.6 is 0 Å². The lowest BCUT2D eigenvalue weighted by atomic mass is 9.96. The highest BCUT2D eigenvalue weighted by Crippen LogP contribution is 2.53. The number of aromatic nitrogens is 2. The number of hydrazine groups is 1. The van der Waals surface area contributed by atoms with Gasteiger partial charge in [0.25, 0.3) is 0 Å². The van der Waals surface area contributed by atoms with Crippen molar-refractivity contribution in [2.75, 3.05) is 12.0 Å². The van der Waals surface area contributed by atoms with Crippen molar-refractivity contribution >= 4 is 5.82 Å². The van der Waals surface area contributed by atoms with Gasteiger partial charge >= 0.3 is 0 Å². The Bertz CT molecular complexity index is 467. The predicted octanol–water partition coefficient (Wildman–Crippen LogP) is 1.74. The third-order valence-corrected chi connectivity index (χ3v) is 4.53. The molecule has 1 aliphatic heterocycles. The molecule has 2 saturated carbocycles. The Morgan fingerprint density at radius 2 is 1.89 bits per heavy atom. The maximum Gasteiger partial charge on any atom is 0.149 e. The smallest absolute Gasteiger partial charge is 0.149 e. The average molecular weight is 260 g/mol. The minimum absolute atomic E-state index is 0.570. The quantitative estimate of drug-likeness (QED) is 0.637. The third kappa shape index (κ3) is 2.11. The zero-order valence-electron chi connectivity index (χ0n) is 11.1. The number of rotatable bonds is 4. The molecule has 5 nitrogen and oxygen atoms in total. The molecule has 4 rings (SSSR count). The minimum atomic E-state index is 0.570. The van der Waals surface area contributed by atoms with Crippen LogP contribution in [0.2, 0.25) is 0 Å². The molecule has 5 heteroatoms. The molecule has 0 spiro atoms. The number of nitrogens with zero attached hydrogens (tertiary/aromatic N) is 2. The van der Waals surface area contributed by atoms with Gasteiger partial charge in [-0.3, -0.25) is 0 Å². The first-order chi connectivity index (χ1) is 9.36. The summed E-state index contributed by atoms with van der Waals surface area (Å²) >= 11 is 0. The Kier molecular flexibility index (Phi) is 2.70. The van der Waals surface area contributed by atoms with Gasteiger partial charge in [-0.1, -0.05) is 0 Å². The number of fused-ring (bicyclic) bond motifs is 1. The van der Waals surface area contributed by atoms with Crippen molar-refractivity contribution in [3.8, 4) is 0 Å². The first-order valence-corrected chi connectivity index (χ1v) is 7.31. The van der Waals surface area contributed by atoms with Crippen LogP contribution in [0, 0.1) is 11.8 Å². The second-order valence-electron chi connectivity index (χ2n) is 6.00. The number of nitrogens with two attached hydrogens (primary N) is 1. The second kappa shape index (κ2) is 4.42. The Morgan fingerprint density at radius 1 is 1.16 bits per heavy atom. The summed E-state index contributed by atoms with van der Waals surface area (Å²) in [6, 6.07) is 0. The van der Waals surface area contributed by atoms with E-state index in [0.717, 1.165) is 47.8 Å². The Hall–Kier alpha value is -1.20. The summed E-state index contributed by atoms with van der Waals surface area (Å²) in [4.78, 5) is 9.56. The van der Waals surface area contributed by atoms with Gasteiger partial charge in [-0.05, 0) is 37.5 Å². The molecule has 0 amide bonds. The largest absolute Gasteiger partial charge is 0.376 e. The van der Waals surface area contributed by atoms with Gasteiger partial charge in [0.2, 0.25) is 0 Å². The fraction of sp³-hybridized carbons (Fsp3) is 0.714. The van der Waals surface area contributed by atoms with E-state index in [1.165, 1.54) is 25.7 Å². The maximum absolute atomic E-state index is 5.63. The van der Waals surface area contributed by atoms with Gasteiger partial charge in [-0.25, -0.2) is 15.8 Å². The lowest BCUT2D eigenvalue weighted by Gasteiger charge is -2.22. The van der Waals surface area contributed by atoms with Gasteiger partial charge in [0.1, 0.15) is 11.6 Å². The number of ether oxygens (including phenoxy) is 1. The normalized spacial score (nSPS) is 22.4. The summed E-state index contributed by atoms with van der Waals surface area (Å²) < 4.78 is 5.48. The van der Waals surface area contributed by atoms with Crippen molar-refractivity contribution in [1.29, 1.82) is 0 Å². The summed E-state index contributed by atoms with van der Waals surface area (Å²) in [5, 5.41) is 0. The van der Waals surface area contributed by atoms with Crippen LogP contribution in [0.4, 0.5) is 5.82 Å². The van der Waals surface area contributed by atoms with Crippen molar-refractivity contribution in [3.05, 3.63) is 17.1 Å². The van der Waals surface area contributed by atoms with Crippen LogP contribution in [-0.2, 0) is 17.8 Å². The summed E-state index contributed by atoms with van der Waals surface area (Å²) in [7, 11) is 0. The molecule has 1 aromatic rings. The maximum atomic E-state index is 5.63. The van der Waals surface area contributed by atoms with Crippen LogP contribution < -0.4 is 11.3 Å². The molecule has 3 N–H and O–H groups in total. The molecule has 3 aliphatic rings. The molecule has 1 aromatic heterocycles. The summed E-state index contributed by atoms with van der Waals surface area (Å²) in [6.07, 6.45) is 6.25. The van der Waals surface area contributed by atoms with E-state index in [4.69, 9.17) is 20.5 Å². The number of anilines is 1. The standard InChI is InChI=1S/C14H20N4O/c15-18-13-10-7-19-6-5-11(10)16-14(17-13)12(8-1-2-8)9-3-4-9/h8-9,12H,1-7,15H2,(H,16,17,18). The van der Waals surface area contributed by atoms with E-state index in [-0.39, 0.29) is 0 Å². The summed E-state index contributed by atoms with van der Waals surface area (Å²) in [5.74, 6) is 9.63. The van der Waals surface area contributed by atoms with Crippen molar-refractivity contribution < 1.29 is 4.74 Å². The molecule has 102 valence electrons. The van der Waals surface area contributed by atoms with Crippen molar-refractivity contribution in [2.45, 2.75) is 44.6 Å². The van der Waals surface area contributed by atoms with Gasteiger partial charge in [0.15, 0.2) is 0 Å². The van der Waals surface area contributed by atoms with Gasteiger partial charge in [-0.2, -0.15) is 0 Å². The van der Waals surface area contributed by atoms with Gasteiger partial charge < -0.3 is 10.2 Å². The predicted molar refractivity (Wildman–Crippen MR) is 71.4 cm³/mol. The van der Waals surface area contributed by atoms with Crippen molar-refractivity contribution in [2.24, 2.45) is 17.7 Å². The highest BCUT2D eigenvalue weighted by atomic mass is 16.5. The fourth-order valence-corrected chi connectivity index (χ4v) is 3.24. The Morgan fingerprint density at radius 3 is 2.53 bits per heavy atom. The van der Waals surface area contributed by atoms with Gasteiger partial charge in [0.05, 0.1) is 18.9 Å². The molecule has 0 saturated heterocycles. The Balaban J connectivity index is 1.74. The average Bonchev–Trinajstić information content (AvgIpc) is 3.32. The van der Waals surface area contributed by atoms with Crippen molar-refractivity contribution in [3.63, 3.8) is 0 Å². The SMILES string of the molecule is NNc1nc(C(C2CC2)C2CC2)nc2c1COCC2. The van der Waals surface area contributed by atoms with Gasteiger partial charge in [-0.15, -0.1) is 0 Å². The van der Waals surface area contributed by atoms with Crippen LogP contribution in [0.25, 0.3) is 0 Å². The second-order valence-corrected chi connectivity index (χ2v) is 6.00. The van der Waals surface area contributed by atoms with Crippen LogP contribution in [0.5, 0.6) is 0 Å². The van der Waals surface area contributed by atoms with Crippen LogP contribution in [0.1, 0.15) is 48.7 Å². The van der Waals surface area contributed by atoms with E-state index in [1.807, 2.05) is 0 Å². The third-order valence-electron chi connectivity index (χ3n) is 4.53. The minimum Gasteiger partial charge on any atom is -0.376 e. The van der Waals surface area contributed by atoms with Gasteiger partial charge in [0, 0.05) is 17.9 Å². The molecule has 2 heterocycles. The molecule has 0 atom stereocenters.